The van der Waals surface area contributed by atoms with Gasteiger partial charge in [0.2, 0.25) is 0 Å². The van der Waals surface area contributed by atoms with Crippen molar-refractivity contribution in [2.24, 2.45) is 0 Å². The lowest BCUT2D eigenvalue weighted by molar-refractivity contribution is -0.137. The minimum atomic E-state index is -4.76. The van der Waals surface area contributed by atoms with Crippen LogP contribution in [0.2, 0.25) is 15.1 Å². The Balaban J connectivity index is 2.20. The number of amides is 2. The summed E-state index contributed by atoms with van der Waals surface area (Å²) in [5.74, 6) is -2.53. The quantitative estimate of drug-likeness (QED) is 0.664. The van der Waals surface area contributed by atoms with E-state index in [-0.39, 0.29) is 20.8 Å². The average molecular weight is 412 g/mol. The number of benzene rings is 2. The molecule has 0 aliphatic carbocycles. The highest BCUT2D eigenvalue weighted by Crippen LogP contribution is 2.36. The maximum Gasteiger partial charge on any atom is 0.418 e. The number of hydrogen-bond donors (Lipinski definition) is 2. The molecule has 2 N–H and O–H groups in total. The van der Waals surface area contributed by atoms with Crippen molar-refractivity contribution in [1.29, 1.82) is 0 Å². The molecule has 2 aromatic rings. The van der Waals surface area contributed by atoms with Crippen molar-refractivity contribution in [3.63, 3.8) is 0 Å². The number of carbonyl (C=O) groups is 2. The van der Waals surface area contributed by atoms with Gasteiger partial charge in [-0.25, -0.2) is 0 Å². The molecule has 0 spiro atoms. The van der Waals surface area contributed by atoms with Gasteiger partial charge in [0.1, 0.15) is 0 Å². The number of alkyl halides is 3. The Morgan fingerprint density at radius 2 is 1.32 bits per heavy atom. The Morgan fingerprint density at radius 3 is 1.92 bits per heavy atom. The first-order valence-corrected chi connectivity index (χ1v) is 7.65. The largest absolute Gasteiger partial charge is 0.418 e. The molecule has 0 atom stereocenters. The molecule has 0 heterocycles. The van der Waals surface area contributed by atoms with Gasteiger partial charge in [0.05, 0.1) is 22.0 Å². The smallest absolute Gasteiger partial charge is 0.317 e. The van der Waals surface area contributed by atoms with Crippen molar-refractivity contribution in [3.05, 3.63) is 57.0 Å². The first kappa shape index (κ1) is 19.4. The van der Waals surface area contributed by atoms with Crippen molar-refractivity contribution < 1.29 is 22.8 Å². The SMILES string of the molecule is O=C(Nc1cc(Cl)ccc1Cl)C(=O)Nc1ccc(Cl)cc1C(F)(F)F. The molecule has 0 aromatic heterocycles. The summed E-state index contributed by atoms with van der Waals surface area (Å²) in [5.41, 5.74) is -1.74. The lowest BCUT2D eigenvalue weighted by Crippen LogP contribution is -2.30. The zero-order chi connectivity index (χ0) is 18.8. The molecular weight excluding hydrogens is 404 g/mol. The molecule has 0 radical (unpaired) electrons. The highest BCUT2D eigenvalue weighted by atomic mass is 35.5. The van der Waals surface area contributed by atoms with Crippen molar-refractivity contribution in [2.75, 3.05) is 10.6 Å². The van der Waals surface area contributed by atoms with Gasteiger partial charge in [-0.15, -0.1) is 0 Å². The summed E-state index contributed by atoms with van der Waals surface area (Å²) < 4.78 is 38.9. The normalized spacial score (nSPS) is 11.1. The van der Waals surface area contributed by atoms with Crippen LogP contribution in [0.25, 0.3) is 0 Å². The molecule has 2 rings (SSSR count). The van der Waals surface area contributed by atoms with E-state index in [4.69, 9.17) is 34.8 Å². The van der Waals surface area contributed by atoms with Gasteiger partial charge in [-0.05, 0) is 36.4 Å². The lowest BCUT2D eigenvalue weighted by Gasteiger charge is -2.14. The Bertz CT molecular complexity index is 841. The van der Waals surface area contributed by atoms with E-state index in [1.54, 1.807) is 0 Å². The van der Waals surface area contributed by atoms with Crippen LogP contribution in [-0.4, -0.2) is 11.8 Å². The standard InChI is InChI=1S/C15H8Cl3F3N2O2/c16-7-2-4-11(9(5-7)15(19,20)21)22-13(24)14(25)23-12-6-8(17)1-3-10(12)18/h1-6H,(H,22,24)(H,23,25). The first-order chi connectivity index (χ1) is 11.6. The van der Waals surface area contributed by atoms with Crippen LogP contribution in [-0.2, 0) is 15.8 Å². The molecule has 0 fully saturated rings. The van der Waals surface area contributed by atoms with E-state index >= 15 is 0 Å². The number of rotatable bonds is 2. The number of carbonyl (C=O) groups excluding carboxylic acids is 2. The van der Waals surface area contributed by atoms with E-state index < -0.39 is 29.2 Å². The van der Waals surface area contributed by atoms with E-state index in [1.165, 1.54) is 18.2 Å². The predicted molar refractivity (Wildman–Crippen MR) is 90.2 cm³/mol. The zero-order valence-electron chi connectivity index (χ0n) is 12.0. The Hall–Kier alpha value is -1.96. The number of hydrogen-bond acceptors (Lipinski definition) is 2. The number of nitrogens with one attached hydrogen (secondary N) is 2. The summed E-state index contributed by atoms with van der Waals surface area (Å²) in [4.78, 5) is 23.8. The minimum Gasteiger partial charge on any atom is -0.317 e. The van der Waals surface area contributed by atoms with Crippen LogP contribution in [0.1, 0.15) is 5.56 Å². The van der Waals surface area contributed by atoms with Gasteiger partial charge in [-0.2, -0.15) is 13.2 Å². The molecule has 0 unspecified atom stereocenters. The molecular formula is C15H8Cl3F3N2O2. The van der Waals surface area contributed by atoms with Crippen LogP contribution >= 0.6 is 34.8 Å². The summed E-state index contributed by atoms with van der Waals surface area (Å²) in [5, 5.41) is 4.24. The third kappa shape index (κ3) is 5.01. The Kier molecular flexibility index (Phi) is 5.82. The van der Waals surface area contributed by atoms with Crippen LogP contribution in [0.4, 0.5) is 24.5 Å². The third-order valence-corrected chi connectivity index (χ3v) is 3.72. The van der Waals surface area contributed by atoms with Crippen LogP contribution in [0.15, 0.2) is 36.4 Å². The van der Waals surface area contributed by atoms with Crippen molar-refractivity contribution in [3.8, 4) is 0 Å². The molecule has 0 saturated carbocycles. The monoisotopic (exact) mass is 410 g/mol. The van der Waals surface area contributed by atoms with Crippen LogP contribution < -0.4 is 10.6 Å². The van der Waals surface area contributed by atoms with Gasteiger partial charge in [-0.1, -0.05) is 34.8 Å². The molecule has 0 bridgehead atoms. The van der Waals surface area contributed by atoms with E-state index in [1.807, 2.05) is 5.32 Å². The van der Waals surface area contributed by atoms with Crippen molar-refractivity contribution >= 4 is 58.0 Å². The van der Waals surface area contributed by atoms with E-state index in [0.717, 1.165) is 12.1 Å². The second-order valence-corrected chi connectivity index (χ2v) is 6.00. The Labute approximate surface area is 154 Å². The molecule has 0 saturated heterocycles. The first-order valence-electron chi connectivity index (χ1n) is 6.52. The third-order valence-electron chi connectivity index (χ3n) is 2.92. The fraction of sp³-hybridized carbons (Fsp3) is 0.0667. The summed E-state index contributed by atoms with van der Waals surface area (Å²) in [6, 6.07) is 6.88. The summed E-state index contributed by atoms with van der Waals surface area (Å²) in [7, 11) is 0. The molecule has 0 aliphatic rings. The van der Waals surface area contributed by atoms with Gasteiger partial charge >= 0.3 is 18.0 Å². The van der Waals surface area contributed by atoms with Gasteiger partial charge < -0.3 is 10.6 Å². The van der Waals surface area contributed by atoms with Crippen LogP contribution in [0, 0.1) is 0 Å². The molecule has 25 heavy (non-hydrogen) atoms. The number of halogens is 6. The Morgan fingerprint density at radius 1 is 0.800 bits per heavy atom. The summed E-state index contributed by atoms with van der Waals surface area (Å²) in [6.45, 7) is 0. The van der Waals surface area contributed by atoms with E-state index in [2.05, 4.69) is 5.32 Å². The zero-order valence-corrected chi connectivity index (χ0v) is 14.3. The second kappa shape index (κ2) is 7.51. The molecule has 4 nitrogen and oxygen atoms in total. The fourth-order valence-corrected chi connectivity index (χ4v) is 2.32. The fourth-order valence-electron chi connectivity index (χ4n) is 1.81. The van der Waals surface area contributed by atoms with Gasteiger partial charge in [0.15, 0.2) is 0 Å². The van der Waals surface area contributed by atoms with Crippen molar-refractivity contribution in [2.45, 2.75) is 6.18 Å². The molecule has 10 heteroatoms. The van der Waals surface area contributed by atoms with Gasteiger partial charge in [0, 0.05) is 10.0 Å². The topological polar surface area (TPSA) is 58.2 Å². The van der Waals surface area contributed by atoms with Gasteiger partial charge in [0.25, 0.3) is 0 Å². The average Bonchev–Trinajstić information content (AvgIpc) is 2.51. The number of anilines is 2. The highest BCUT2D eigenvalue weighted by molar-refractivity contribution is 6.45. The summed E-state index contributed by atoms with van der Waals surface area (Å²) in [6.07, 6.45) is -4.76. The van der Waals surface area contributed by atoms with Crippen molar-refractivity contribution in [1.82, 2.24) is 0 Å². The second-order valence-electron chi connectivity index (χ2n) is 4.72. The molecule has 0 aliphatic heterocycles. The maximum atomic E-state index is 13.0. The maximum absolute atomic E-state index is 13.0. The predicted octanol–water partition coefficient (Wildman–Crippen LogP) is 5.24. The van der Waals surface area contributed by atoms with E-state index in [9.17, 15) is 22.8 Å². The molecule has 132 valence electrons. The highest BCUT2D eigenvalue weighted by Gasteiger charge is 2.34. The van der Waals surface area contributed by atoms with E-state index in [0.29, 0.717) is 6.07 Å². The summed E-state index contributed by atoms with van der Waals surface area (Å²) >= 11 is 17.1. The molecule has 2 aromatic carbocycles. The minimum absolute atomic E-state index is 0.0430. The van der Waals surface area contributed by atoms with Gasteiger partial charge in [-0.3, -0.25) is 9.59 Å². The van der Waals surface area contributed by atoms with Crippen LogP contribution in [0.5, 0.6) is 0 Å². The molecule has 2 amide bonds. The lowest BCUT2D eigenvalue weighted by atomic mass is 10.1. The van der Waals surface area contributed by atoms with Crippen LogP contribution in [0.3, 0.4) is 0 Å².